The van der Waals surface area contributed by atoms with Crippen LogP contribution in [0, 0.1) is 0 Å². The van der Waals surface area contributed by atoms with Crippen molar-refractivity contribution in [3.8, 4) is 5.69 Å². The predicted molar refractivity (Wildman–Crippen MR) is 79.3 cm³/mol. The van der Waals surface area contributed by atoms with Crippen LogP contribution in [0.2, 0.25) is 5.15 Å². The van der Waals surface area contributed by atoms with E-state index >= 15 is 0 Å². The Morgan fingerprint density at radius 1 is 1.57 bits per heavy atom. The van der Waals surface area contributed by atoms with Crippen molar-refractivity contribution in [3.05, 3.63) is 35.9 Å². The normalized spacial score (nSPS) is 11.5. The van der Waals surface area contributed by atoms with Gasteiger partial charge in [-0.1, -0.05) is 16.8 Å². The molecule has 2 aromatic heterocycles. The van der Waals surface area contributed by atoms with Crippen LogP contribution in [0.3, 0.4) is 0 Å². The molecule has 0 saturated carbocycles. The summed E-state index contributed by atoms with van der Waals surface area (Å²) in [5, 5.41) is 16.0. The van der Waals surface area contributed by atoms with Crippen LogP contribution in [-0.2, 0) is 4.79 Å². The Balaban J connectivity index is 2.40. The number of carbonyl (C=O) groups excluding carboxylic acids is 1. The Morgan fingerprint density at radius 2 is 2.33 bits per heavy atom. The molecule has 0 spiro atoms. The van der Waals surface area contributed by atoms with Gasteiger partial charge < -0.3 is 10.1 Å². The van der Waals surface area contributed by atoms with Gasteiger partial charge in [0.1, 0.15) is 11.4 Å². The van der Waals surface area contributed by atoms with E-state index in [1.807, 2.05) is 6.07 Å². The maximum atomic E-state index is 12.1. The number of hydrogen-bond acceptors (Lipinski definition) is 5. The molecule has 8 heteroatoms. The second kappa shape index (κ2) is 6.36. The van der Waals surface area contributed by atoms with Crippen LogP contribution in [-0.4, -0.2) is 38.1 Å². The second-order valence-electron chi connectivity index (χ2n) is 4.20. The number of aromatic nitrogens is 3. The standard InChI is InChI=1S/C13H14ClN5O2/c1-3-18(13(20)9(2)17-21)11-8-19(16-12(11)14)10-5-4-6-15-7-10/h4-8,21H,3H2,1-2H3. The molecule has 2 aromatic rings. The van der Waals surface area contributed by atoms with Gasteiger partial charge in [0, 0.05) is 12.7 Å². The molecule has 0 aliphatic heterocycles. The summed E-state index contributed by atoms with van der Waals surface area (Å²) in [6.45, 7) is 3.58. The fourth-order valence-electron chi connectivity index (χ4n) is 1.81. The van der Waals surface area contributed by atoms with Crippen molar-refractivity contribution in [2.24, 2.45) is 5.16 Å². The van der Waals surface area contributed by atoms with Gasteiger partial charge in [0.15, 0.2) is 5.15 Å². The molecule has 1 amide bonds. The second-order valence-corrected chi connectivity index (χ2v) is 4.55. The van der Waals surface area contributed by atoms with Gasteiger partial charge in [0.25, 0.3) is 5.91 Å². The number of hydrogen-bond donors (Lipinski definition) is 1. The molecule has 7 nitrogen and oxygen atoms in total. The Kier molecular flexibility index (Phi) is 4.54. The average molecular weight is 308 g/mol. The van der Waals surface area contributed by atoms with Crippen LogP contribution in [0.1, 0.15) is 13.8 Å². The molecule has 0 bridgehead atoms. The zero-order valence-corrected chi connectivity index (χ0v) is 12.3. The van der Waals surface area contributed by atoms with Gasteiger partial charge in [-0.05, 0) is 26.0 Å². The summed E-state index contributed by atoms with van der Waals surface area (Å²) in [4.78, 5) is 17.5. The summed E-state index contributed by atoms with van der Waals surface area (Å²) in [5.41, 5.74) is 1.14. The average Bonchev–Trinajstić information content (AvgIpc) is 2.90. The number of nitrogens with zero attached hydrogens (tertiary/aromatic N) is 5. The van der Waals surface area contributed by atoms with Gasteiger partial charge in [0.2, 0.25) is 0 Å². The Morgan fingerprint density at radius 3 is 2.90 bits per heavy atom. The molecule has 21 heavy (non-hydrogen) atoms. The largest absolute Gasteiger partial charge is 0.410 e. The number of carbonyl (C=O) groups is 1. The summed E-state index contributed by atoms with van der Waals surface area (Å²) in [7, 11) is 0. The van der Waals surface area contributed by atoms with E-state index < -0.39 is 5.91 Å². The lowest BCUT2D eigenvalue weighted by Gasteiger charge is -2.18. The molecule has 0 unspecified atom stereocenters. The number of oxime groups is 1. The summed E-state index contributed by atoms with van der Waals surface area (Å²) in [6.07, 6.45) is 4.91. The molecule has 0 aliphatic carbocycles. The molecular weight excluding hydrogens is 294 g/mol. The molecule has 0 radical (unpaired) electrons. The van der Waals surface area contributed by atoms with Gasteiger partial charge in [-0.2, -0.15) is 5.10 Å². The molecule has 0 aliphatic rings. The first-order valence-electron chi connectivity index (χ1n) is 6.24. The third kappa shape index (κ3) is 3.03. The van der Waals surface area contributed by atoms with Crippen molar-refractivity contribution < 1.29 is 10.0 Å². The summed E-state index contributed by atoms with van der Waals surface area (Å²) < 4.78 is 1.53. The maximum absolute atomic E-state index is 12.1. The quantitative estimate of drug-likeness (QED) is 0.533. The third-order valence-electron chi connectivity index (χ3n) is 2.87. The fourth-order valence-corrected chi connectivity index (χ4v) is 2.04. The highest BCUT2D eigenvalue weighted by atomic mass is 35.5. The number of halogens is 1. The van der Waals surface area contributed by atoms with Gasteiger partial charge >= 0.3 is 0 Å². The van der Waals surface area contributed by atoms with Gasteiger partial charge in [-0.25, -0.2) is 4.68 Å². The van der Waals surface area contributed by atoms with Crippen LogP contribution >= 0.6 is 11.6 Å². The highest BCUT2D eigenvalue weighted by molar-refractivity contribution is 6.43. The SMILES string of the molecule is CCN(C(=O)C(C)=NO)c1cn(-c2cccnc2)nc1Cl. The van der Waals surface area contributed by atoms with E-state index in [0.717, 1.165) is 5.69 Å². The third-order valence-corrected chi connectivity index (χ3v) is 3.14. The van der Waals surface area contributed by atoms with E-state index in [9.17, 15) is 4.79 Å². The lowest BCUT2D eigenvalue weighted by molar-refractivity contribution is -0.112. The van der Waals surface area contributed by atoms with Crippen molar-refractivity contribution in [2.75, 3.05) is 11.4 Å². The molecule has 0 aromatic carbocycles. The van der Waals surface area contributed by atoms with E-state index in [0.29, 0.717) is 12.2 Å². The van der Waals surface area contributed by atoms with Crippen molar-refractivity contribution >= 4 is 28.9 Å². The van der Waals surface area contributed by atoms with Crippen LogP contribution < -0.4 is 4.90 Å². The highest BCUT2D eigenvalue weighted by Gasteiger charge is 2.22. The number of amides is 1. The minimum atomic E-state index is -0.437. The van der Waals surface area contributed by atoms with E-state index in [1.165, 1.54) is 16.5 Å². The maximum Gasteiger partial charge on any atom is 0.275 e. The van der Waals surface area contributed by atoms with Gasteiger partial charge in [0.05, 0.1) is 18.1 Å². The monoisotopic (exact) mass is 307 g/mol. The van der Waals surface area contributed by atoms with Crippen LogP contribution in [0.25, 0.3) is 5.69 Å². The first kappa shape index (κ1) is 15.0. The van der Waals surface area contributed by atoms with Crippen LogP contribution in [0.5, 0.6) is 0 Å². The van der Waals surface area contributed by atoms with E-state index in [4.69, 9.17) is 16.8 Å². The number of anilines is 1. The van der Waals surface area contributed by atoms with E-state index in [2.05, 4.69) is 15.2 Å². The lowest BCUT2D eigenvalue weighted by Crippen LogP contribution is -2.35. The van der Waals surface area contributed by atoms with Crippen molar-refractivity contribution in [1.29, 1.82) is 0 Å². The number of pyridine rings is 1. The summed E-state index contributed by atoms with van der Waals surface area (Å²) >= 11 is 6.11. The topological polar surface area (TPSA) is 83.6 Å². The minimum Gasteiger partial charge on any atom is -0.410 e. The van der Waals surface area contributed by atoms with Crippen molar-refractivity contribution in [2.45, 2.75) is 13.8 Å². The summed E-state index contributed by atoms with van der Waals surface area (Å²) in [5.74, 6) is -0.437. The molecule has 2 rings (SSSR count). The highest BCUT2D eigenvalue weighted by Crippen LogP contribution is 2.26. The molecule has 2 heterocycles. The number of rotatable bonds is 4. The molecule has 0 atom stereocenters. The zero-order valence-electron chi connectivity index (χ0n) is 11.6. The molecule has 1 N–H and O–H groups in total. The molecule has 110 valence electrons. The summed E-state index contributed by atoms with van der Waals surface area (Å²) in [6, 6.07) is 3.59. The predicted octanol–water partition coefficient (Wildman–Crippen LogP) is 2.12. The van der Waals surface area contributed by atoms with Crippen LogP contribution in [0.15, 0.2) is 35.9 Å². The Hall–Kier alpha value is -2.41. The van der Waals surface area contributed by atoms with E-state index in [-0.39, 0.29) is 10.9 Å². The Bertz CT molecular complexity index is 668. The lowest BCUT2D eigenvalue weighted by atomic mass is 10.3. The minimum absolute atomic E-state index is 0.0259. The fraction of sp³-hybridized carbons (Fsp3) is 0.231. The first-order chi connectivity index (χ1) is 10.1. The molecule has 0 saturated heterocycles. The van der Waals surface area contributed by atoms with Crippen molar-refractivity contribution in [3.63, 3.8) is 0 Å². The van der Waals surface area contributed by atoms with E-state index in [1.54, 1.807) is 31.6 Å². The first-order valence-corrected chi connectivity index (χ1v) is 6.62. The van der Waals surface area contributed by atoms with Crippen LogP contribution in [0.4, 0.5) is 5.69 Å². The Labute approximate surface area is 126 Å². The van der Waals surface area contributed by atoms with Gasteiger partial charge in [-0.3, -0.25) is 9.78 Å². The van der Waals surface area contributed by atoms with Gasteiger partial charge in [-0.15, -0.1) is 0 Å². The zero-order chi connectivity index (χ0) is 15.4. The van der Waals surface area contributed by atoms with Crippen molar-refractivity contribution in [1.82, 2.24) is 14.8 Å². The molecular formula is C13H14ClN5O2. The molecule has 0 fully saturated rings. The smallest absolute Gasteiger partial charge is 0.275 e.